The van der Waals surface area contributed by atoms with Gasteiger partial charge in [-0.05, 0) is 67.5 Å². The van der Waals surface area contributed by atoms with Crippen molar-refractivity contribution in [2.75, 3.05) is 6.54 Å². The summed E-state index contributed by atoms with van der Waals surface area (Å²) < 4.78 is 13.3. The average Bonchev–Trinajstić information content (AvgIpc) is 3.51. The summed E-state index contributed by atoms with van der Waals surface area (Å²) in [5, 5.41) is 12.6. The molecule has 1 heterocycles. The highest BCUT2D eigenvalue weighted by molar-refractivity contribution is 6.10. The van der Waals surface area contributed by atoms with Crippen molar-refractivity contribution in [2.24, 2.45) is 23.7 Å². The van der Waals surface area contributed by atoms with E-state index in [9.17, 15) is 33.7 Å². The van der Waals surface area contributed by atoms with Crippen LogP contribution < -0.4 is 0 Å². The predicted molar refractivity (Wildman–Crippen MR) is 115 cm³/mol. The lowest BCUT2D eigenvalue weighted by Gasteiger charge is -2.30. The van der Waals surface area contributed by atoms with Gasteiger partial charge in [0.2, 0.25) is 0 Å². The first-order valence-electron chi connectivity index (χ1n) is 11.0. The Bertz CT molecular complexity index is 1180. The lowest BCUT2D eigenvalue weighted by molar-refractivity contribution is -0.384. The van der Waals surface area contributed by atoms with Gasteiger partial charge in [-0.15, -0.1) is 0 Å². The SMILES string of the molecule is O=C(CN(C(=O)c1ccc([N+](=O)[O-])cc1)N1C(=O)[C@@H]2[C@H]3CC[C@@H](C3)[C@@H]2C1=O)c1ccc(F)cc1. The number of halogens is 1. The molecule has 9 nitrogen and oxygen atoms in total. The van der Waals surface area contributed by atoms with Crippen LogP contribution in [0.3, 0.4) is 0 Å². The van der Waals surface area contributed by atoms with E-state index in [0.29, 0.717) is 0 Å². The third kappa shape index (κ3) is 3.46. The Kier molecular flexibility index (Phi) is 5.22. The van der Waals surface area contributed by atoms with Gasteiger partial charge >= 0.3 is 0 Å². The summed E-state index contributed by atoms with van der Waals surface area (Å²) in [5.74, 6) is -3.76. The summed E-state index contributed by atoms with van der Waals surface area (Å²) >= 11 is 0. The Hall–Kier alpha value is -3.95. The summed E-state index contributed by atoms with van der Waals surface area (Å²) in [4.78, 5) is 63.4. The Morgan fingerprint density at radius 3 is 2.00 bits per heavy atom. The highest BCUT2D eigenvalue weighted by Gasteiger charge is 2.62. The summed E-state index contributed by atoms with van der Waals surface area (Å²) in [6.45, 7) is -0.617. The zero-order valence-electron chi connectivity index (χ0n) is 17.9. The van der Waals surface area contributed by atoms with E-state index < -0.39 is 52.6 Å². The number of amides is 3. The van der Waals surface area contributed by atoms with Crippen LogP contribution in [0.15, 0.2) is 48.5 Å². The Morgan fingerprint density at radius 1 is 0.941 bits per heavy atom. The first kappa shape index (κ1) is 21.9. The van der Waals surface area contributed by atoms with Gasteiger partial charge in [0.05, 0.1) is 16.8 Å². The van der Waals surface area contributed by atoms with Gasteiger partial charge < -0.3 is 0 Å². The third-order valence-electron chi connectivity index (χ3n) is 7.16. The maximum Gasteiger partial charge on any atom is 0.273 e. The minimum absolute atomic E-state index is 0.0156. The maximum absolute atomic E-state index is 13.4. The van der Waals surface area contributed by atoms with Crippen molar-refractivity contribution in [3.63, 3.8) is 0 Å². The number of Topliss-reactive ketones (excluding diaryl/α,β-unsaturated/α-hetero) is 1. The first-order chi connectivity index (χ1) is 16.3. The number of hydrazine groups is 1. The fourth-order valence-corrected chi connectivity index (χ4v) is 5.60. The first-order valence-corrected chi connectivity index (χ1v) is 11.0. The van der Waals surface area contributed by atoms with Crippen LogP contribution in [0, 0.1) is 39.6 Å². The van der Waals surface area contributed by atoms with E-state index >= 15 is 0 Å². The van der Waals surface area contributed by atoms with Gasteiger partial charge in [-0.1, -0.05) is 0 Å². The maximum atomic E-state index is 13.4. The lowest BCUT2D eigenvalue weighted by atomic mass is 9.81. The molecule has 2 bridgehead atoms. The summed E-state index contributed by atoms with van der Waals surface area (Å²) in [6, 6.07) is 9.42. The second-order valence-corrected chi connectivity index (χ2v) is 8.97. The molecule has 0 aromatic heterocycles. The zero-order valence-corrected chi connectivity index (χ0v) is 17.9. The molecule has 5 rings (SSSR count). The van der Waals surface area contributed by atoms with Crippen molar-refractivity contribution in [2.45, 2.75) is 19.3 Å². The number of rotatable bonds is 6. The highest BCUT2D eigenvalue weighted by atomic mass is 19.1. The van der Waals surface area contributed by atoms with Crippen LogP contribution in [0.25, 0.3) is 0 Å². The molecule has 1 saturated heterocycles. The molecule has 174 valence electrons. The normalized spacial score (nSPS) is 24.9. The molecule has 2 saturated carbocycles. The van der Waals surface area contributed by atoms with Gasteiger partial charge in [-0.2, -0.15) is 5.01 Å². The fraction of sp³-hybridized carbons (Fsp3) is 0.333. The number of fused-ring (bicyclic) bond motifs is 5. The third-order valence-corrected chi connectivity index (χ3v) is 7.16. The number of hydrogen-bond donors (Lipinski definition) is 0. The molecule has 0 spiro atoms. The van der Waals surface area contributed by atoms with Crippen molar-refractivity contribution in [3.05, 3.63) is 75.6 Å². The average molecular weight is 465 g/mol. The summed E-state index contributed by atoms with van der Waals surface area (Å²) in [7, 11) is 0. The number of non-ortho nitro benzene ring substituents is 1. The molecule has 1 aliphatic heterocycles. The van der Waals surface area contributed by atoms with Crippen LogP contribution in [0.4, 0.5) is 10.1 Å². The Balaban J connectivity index is 1.49. The minimum Gasteiger partial charge on any atom is -0.292 e. The molecular weight excluding hydrogens is 445 g/mol. The number of carbonyl (C=O) groups is 4. The summed E-state index contributed by atoms with van der Waals surface area (Å²) in [6.07, 6.45) is 2.51. The molecular formula is C24H20FN3O6. The smallest absolute Gasteiger partial charge is 0.273 e. The molecule has 4 atom stereocenters. The number of hydrogen-bond acceptors (Lipinski definition) is 6. The predicted octanol–water partition coefficient (Wildman–Crippen LogP) is 3.01. The van der Waals surface area contributed by atoms with Gasteiger partial charge in [-0.25, -0.2) is 9.40 Å². The highest BCUT2D eigenvalue weighted by Crippen LogP contribution is 2.56. The molecule has 0 N–H and O–H groups in total. The molecule has 2 aromatic carbocycles. The van der Waals surface area contributed by atoms with Crippen molar-refractivity contribution in [1.82, 2.24) is 10.0 Å². The zero-order chi connectivity index (χ0) is 24.1. The number of carbonyl (C=O) groups excluding carboxylic acids is 4. The van der Waals surface area contributed by atoms with Crippen molar-refractivity contribution in [1.29, 1.82) is 0 Å². The number of benzene rings is 2. The molecule has 2 aliphatic carbocycles. The van der Waals surface area contributed by atoms with E-state index in [1.165, 1.54) is 24.3 Å². The molecule has 34 heavy (non-hydrogen) atoms. The molecule has 3 aliphatic rings. The largest absolute Gasteiger partial charge is 0.292 e. The van der Waals surface area contributed by atoms with E-state index in [1.807, 2.05) is 0 Å². The molecule has 0 radical (unpaired) electrons. The lowest BCUT2D eigenvalue weighted by Crippen LogP contribution is -2.52. The number of imide groups is 1. The second kappa shape index (κ2) is 8.12. The molecule has 2 aromatic rings. The van der Waals surface area contributed by atoms with E-state index in [0.717, 1.165) is 53.5 Å². The van der Waals surface area contributed by atoms with E-state index in [4.69, 9.17) is 0 Å². The number of nitro benzene ring substituents is 1. The summed E-state index contributed by atoms with van der Waals surface area (Å²) in [5.41, 5.74) is -0.134. The molecule has 3 fully saturated rings. The van der Waals surface area contributed by atoms with Crippen LogP contribution in [-0.2, 0) is 9.59 Å². The quantitative estimate of drug-likeness (QED) is 0.280. The van der Waals surface area contributed by atoms with E-state index in [-0.39, 0.29) is 28.7 Å². The van der Waals surface area contributed by atoms with Crippen LogP contribution in [0.5, 0.6) is 0 Å². The van der Waals surface area contributed by atoms with Crippen molar-refractivity contribution in [3.8, 4) is 0 Å². The van der Waals surface area contributed by atoms with Crippen molar-refractivity contribution >= 4 is 29.2 Å². The monoisotopic (exact) mass is 465 g/mol. The van der Waals surface area contributed by atoms with E-state index in [2.05, 4.69) is 0 Å². The number of nitrogens with zero attached hydrogens (tertiary/aromatic N) is 3. The molecule has 0 unspecified atom stereocenters. The second-order valence-electron chi connectivity index (χ2n) is 8.97. The molecule has 10 heteroatoms. The van der Waals surface area contributed by atoms with Crippen LogP contribution in [0.2, 0.25) is 0 Å². The fourth-order valence-electron chi connectivity index (χ4n) is 5.60. The minimum atomic E-state index is -0.806. The van der Waals surface area contributed by atoms with E-state index in [1.54, 1.807) is 0 Å². The van der Waals surface area contributed by atoms with Crippen LogP contribution in [-0.4, -0.2) is 45.0 Å². The number of nitro groups is 1. The number of ketones is 1. The van der Waals surface area contributed by atoms with Gasteiger partial charge in [-0.3, -0.25) is 29.3 Å². The van der Waals surface area contributed by atoms with Gasteiger partial charge in [0.25, 0.3) is 23.4 Å². The Morgan fingerprint density at radius 2 is 1.47 bits per heavy atom. The van der Waals surface area contributed by atoms with Gasteiger partial charge in [0.1, 0.15) is 12.4 Å². The van der Waals surface area contributed by atoms with Gasteiger partial charge in [0, 0.05) is 23.3 Å². The van der Waals surface area contributed by atoms with Gasteiger partial charge in [0.15, 0.2) is 5.78 Å². The van der Waals surface area contributed by atoms with Crippen LogP contribution in [0.1, 0.15) is 40.0 Å². The van der Waals surface area contributed by atoms with Crippen LogP contribution >= 0.6 is 0 Å². The Labute approximate surface area is 193 Å². The standard InChI is InChI=1S/C24H20FN3O6/c25-17-7-3-13(4-8-17)19(29)12-26(22(30)14-5-9-18(10-6-14)28(33)34)27-23(31)20-15-1-2-16(11-15)21(20)24(27)32/h3-10,15-16,20-21H,1-2,11-12H2/t15-,16-,20-,21+/m0/s1. The molecule has 3 amide bonds. The van der Waals surface area contributed by atoms with Crippen molar-refractivity contribution < 1.29 is 28.5 Å². The topological polar surface area (TPSA) is 118 Å².